The molecule has 3 nitrogen and oxygen atoms in total. The number of imide groups is 1. The van der Waals surface area contributed by atoms with E-state index in [1.165, 1.54) is 4.90 Å². The van der Waals surface area contributed by atoms with E-state index < -0.39 is 0 Å². The monoisotopic (exact) mass is 253 g/mol. The van der Waals surface area contributed by atoms with Crippen molar-refractivity contribution in [1.82, 2.24) is 4.90 Å². The van der Waals surface area contributed by atoms with Crippen molar-refractivity contribution in [2.24, 2.45) is 0 Å². The number of rotatable bonds is 2. The maximum absolute atomic E-state index is 11.8. The number of carbonyl (C=O) groups is 2. The second kappa shape index (κ2) is 4.43. The highest BCUT2D eigenvalue weighted by Gasteiger charge is 2.33. The van der Waals surface area contributed by atoms with Crippen LogP contribution < -0.4 is 0 Å². The maximum atomic E-state index is 11.8. The maximum Gasteiger partial charge on any atom is 0.293 e. The summed E-state index contributed by atoms with van der Waals surface area (Å²) in [7, 11) is 0. The number of thioether (sulfide) groups is 1. The zero-order chi connectivity index (χ0) is 11.7. The first kappa shape index (κ1) is 11.4. The molecule has 1 aromatic rings. The van der Waals surface area contributed by atoms with E-state index in [-0.39, 0.29) is 11.1 Å². The molecule has 0 saturated carbocycles. The fourth-order valence-electron chi connectivity index (χ4n) is 1.42. The molecule has 1 saturated heterocycles. The summed E-state index contributed by atoms with van der Waals surface area (Å²) in [6, 6.07) is 2.00. The molecule has 2 heterocycles. The molecule has 0 atom stereocenters. The summed E-state index contributed by atoms with van der Waals surface area (Å²) in [5.74, 6) is -0.176. The lowest BCUT2D eigenvalue weighted by Crippen LogP contribution is -2.27. The molecule has 0 aliphatic carbocycles. The van der Waals surface area contributed by atoms with Gasteiger partial charge in [-0.15, -0.1) is 11.3 Å². The Morgan fingerprint density at radius 1 is 1.44 bits per heavy atom. The zero-order valence-electron chi connectivity index (χ0n) is 9.02. The van der Waals surface area contributed by atoms with Gasteiger partial charge in [-0.3, -0.25) is 14.5 Å². The van der Waals surface area contributed by atoms with Crippen LogP contribution in [0.2, 0.25) is 0 Å². The van der Waals surface area contributed by atoms with Crippen molar-refractivity contribution in [3.05, 3.63) is 26.8 Å². The van der Waals surface area contributed by atoms with Gasteiger partial charge in [-0.05, 0) is 48.7 Å². The third-order valence-electron chi connectivity index (χ3n) is 2.35. The van der Waals surface area contributed by atoms with Gasteiger partial charge in [0, 0.05) is 11.4 Å². The Kier molecular flexibility index (Phi) is 3.16. The Balaban J connectivity index is 2.31. The molecular weight excluding hydrogens is 242 g/mol. The van der Waals surface area contributed by atoms with E-state index in [4.69, 9.17) is 0 Å². The average molecular weight is 253 g/mol. The Morgan fingerprint density at radius 2 is 2.19 bits per heavy atom. The van der Waals surface area contributed by atoms with Crippen molar-refractivity contribution >= 4 is 40.3 Å². The largest absolute Gasteiger partial charge is 0.293 e. The Bertz CT molecular complexity index is 476. The van der Waals surface area contributed by atoms with Gasteiger partial charge in [0.2, 0.25) is 0 Å². The highest BCUT2D eigenvalue weighted by molar-refractivity contribution is 8.18. The van der Waals surface area contributed by atoms with Crippen LogP contribution in [-0.4, -0.2) is 22.6 Å². The molecule has 1 fully saturated rings. The highest BCUT2D eigenvalue weighted by atomic mass is 32.2. The van der Waals surface area contributed by atoms with Crippen molar-refractivity contribution in [2.45, 2.75) is 13.8 Å². The number of thiophene rings is 1. The molecule has 2 rings (SSSR count). The minimum atomic E-state index is -0.176. The first-order chi connectivity index (χ1) is 7.63. The van der Waals surface area contributed by atoms with Crippen molar-refractivity contribution in [3.63, 3.8) is 0 Å². The van der Waals surface area contributed by atoms with Gasteiger partial charge in [-0.1, -0.05) is 0 Å². The summed E-state index contributed by atoms with van der Waals surface area (Å²) < 4.78 is 0. The van der Waals surface area contributed by atoms with Gasteiger partial charge in [-0.25, -0.2) is 0 Å². The fourth-order valence-corrected chi connectivity index (χ4v) is 3.24. The molecule has 84 valence electrons. The third-order valence-corrected chi connectivity index (χ3v) is 4.23. The van der Waals surface area contributed by atoms with Gasteiger partial charge in [0.05, 0.1) is 4.91 Å². The lowest BCUT2D eigenvalue weighted by molar-refractivity contribution is -0.122. The predicted molar refractivity (Wildman–Crippen MR) is 67.4 cm³/mol. The van der Waals surface area contributed by atoms with E-state index in [1.807, 2.05) is 18.4 Å². The zero-order valence-corrected chi connectivity index (χ0v) is 10.7. The predicted octanol–water partition coefficient (Wildman–Crippen LogP) is 3.11. The van der Waals surface area contributed by atoms with Crippen LogP contribution in [0.25, 0.3) is 6.08 Å². The van der Waals surface area contributed by atoms with Gasteiger partial charge in [-0.2, -0.15) is 0 Å². The molecule has 0 unspecified atom stereocenters. The second-order valence-corrected chi connectivity index (χ2v) is 5.33. The minimum absolute atomic E-state index is 0.173. The Labute approximate surface area is 102 Å². The van der Waals surface area contributed by atoms with E-state index in [0.29, 0.717) is 11.4 Å². The van der Waals surface area contributed by atoms with Gasteiger partial charge < -0.3 is 0 Å². The molecular formula is C11H11NO2S2. The SMILES string of the molecule is CCN1C(=O)SC(=Cc2sccc2C)C1=O. The number of hydrogen-bond acceptors (Lipinski definition) is 4. The van der Waals surface area contributed by atoms with Crippen LogP contribution in [0, 0.1) is 6.92 Å². The number of amides is 2. The molecule has 16 heavy (non-hydrogen) atoms. The number of likely N-dealkylation sites (N-methyl/N-ethyl adjacent to an activating group) is 1. The smallest absolute Gasteiger partial charge is 0.269 e. The normalized spacial score (nSPS) is 18.9. The summed E-state index contributed by atoms with van der Waals surface area (Å²) in [4.78, 5) is 26.1. The van der Waals surface area contributed by atoms with Gasteiger partial charge >= 0.3 is 0 Å². The molecule has 2 amide bonds. The quantitative estimate of drug-likeness (QED) is 0.760. The Hall–Kier alpha value is -1.07. The summed E-state index contributed by atoms with van der Waals surface area (Å²) >= 11 is 2.60. The van der Waals surface area contributed by atoms with Crippen LogP contribution in [0.1, 0.15) is 17.4 Å². The van der Waals surface area contributed by atoms with Crippen molar-refractivity contribution < 1.29 is 9.59 Å². The number of carbonyl (C=O) groups excluding carboxylic acids is 2. The molecule has 0 spiro atoms. The topological polar surface area (TPSA) is 37.4 Å². The lowest BCUT2D eigenvalue weighted by atomic mass is 10.2. The first-order valence-corrected chi connectivity index (χ1v) is 6.62. The van der Waals surface area contributed by atoms with Gasteiger partial charge in [0.1, 0.15) is 0 Å². The average Bonchev–Trinajstić information content (AvgIpc) is 2.74. The molecule has 1 aromatic heterocycles. The molecule has 1 aliphatic rings. The van der Waals surface area contributed by atoms with Crippen LogP contribution in [0.3, 0.4) is 0 Å². The first-order valence-electron chi connectivity index (χ1n) is 4.93. The molecule has 0 radical (unpaired) electrons. The lowest BCUT2D eigenvalue weighted by Gasteiger charge is -2.06. The van der Waals surface area contributed by atoms with Crippen LogP contribution in [0.15, 0.2) is 16.4 Å². The number of hydrogen-bond donors (Lipinski definition) is 0. The van der Waals surface area contributed by atoms with E-state index in [9.17, 15) is 9.59 Å². The molecule has 0 N–H and O–H groups in total. The number of aryl methyl sites for hydroxylation is 1. The second-order valence-electron chi connectivity index (χ2n) is 3.39. The van der Waals surface area contributed by atoms with Crippen LogP contribution in [0.4, 0.5) is 4.79 Å². The van der Waals surface area contributed by atoms with Crippen molar-refractivity contribution in [3.8, 4) is 0 Å². The van der Waals surface area contributed by atoms with Gasteiger partial charge in [0.15, 0.2) is 0 Å². The van der Waals surface area contributed by atoms with Crippen LogP contribution in [-0.2, 0) is 4.79 Å². The highest BCUT2D eigenvalue weighted by Crippen LogP contribution is 2.33. The minimum Gasteiger partial charge on any atom is -0.269 e. The molecule has 5 heteroatoms. The van der Waals surface area contributed by atoms with E-state index in [0.717, 1.165) is 22.2 Å². The van der Waals surface area contributed by atoms with E-state index >= 15 is 0 Å². The molecule has 0 bridgehead atoms. The van der Waals surface area contributed by atoms with Crippen LogP contribution in [0.5, 0.6) is 0 Å². The third kappa shape index (κ3) is 1.92. The van der Waals surface area contributed by atoms with E-state index in [2.05, 4.69) is 0 Å². The summed E-state index contributed by atoms with van der Waals surface area (Å²) in [6.45, 7) is 4.23. The fraction of sp³-hybridized carbons (Fsp3) is 0.273. The van der Waals surface area contributed by atoms with Gasteiger partial charge in [0.25, 0.3) is 11.1 Å². The van der Waals surface area contributed by atoms with Crippen molar-refractivity contribution in [1.29, 1.82) is 0 Å². The summed E-state index contributed by atoms with van der Waals surface area (Å²) in [5.41, 5.74) is 1.13. The molecule has 1 aliphatic heterocycles. The summed E-state index contributed by atoms with van der Waals surface area (Å²) in [5, 5.41) is 1.80. The number of nitrogens with zero attached hydrogens (tertiary/aromatic N) is 1. The molecule has 0 aromatic carbocycles. The van der Waals surface area contributed by atoms with Crippen molar-refractivity contribution in [2.75, 3.05) is 6.54 Å². The van der Waals surface area contributed by atoms with Crippen LogP contribution >= 0.6 is 23.1 Å². The van der Waals surface area contributed by atoms with E-state index in [1.54, 1.807) is 24.3 Å². The summed E-state index contributed by atoms with van der Waals surface area (Å²) in [6.07, 6.45) is 1.81. The Morgan fingerprint density at radius 3 is 2.69 bits per heavy atom. The standard InChI is InChI=1S/C11H11NO2S2/c1-3-12-10(13)9(16-11(12)14)6-8-7(2)4-5-15-8/h4-6H,3H2,1-2H3.